The Morgan fingerprint density at radius 1 is 1.45 bits per heavy atom. The zero-order chi connectivity index (χ0) is 14.5. The molecule has 0 saturated carbocycles. The van der Waals surface area contributed by atoms with Gasteiger partial charge in [0, 0.05) is 6.21 Å². The number of aliphatic imine (C=N–C) groups is 1. The number of amides is 1. The van der Waals surface area contributed by atoms with Gasteiger partial charge in [0.2, 0.25) is 0 Å². The minimum absolute atomic E-state index is 0.0983. The van der Waals surface area contributed by atoms with Crippen LogP contribution in [0.5, 0.6) is 0 Å². The molecule has 1 aromatic rings. The third kappa shape index (κ3) is 2.90. The lowest BCUT2D eigenvalue weighted by Crippen LogP contribution is -2.28. The number of esters is 1. The quantitative estimate of drug-likeness (QED) is 0.612. The standard InChI is InChI=1S/C14H15N3O3/c1-10-12(8-15-9-13(18)20-2)14(19)17(16-10)11-6-4-3-5-7-11/h3-8,12H,9H2,1-2H3/t12-/m0/s1. The van der Waals surface area contributed by atoms with Crippen LogP contribution < -0.4 is 5.01 Å². The van der Waals surface area contributed by atoms with E-state index < -0.39 is 11.9 Å². The van der Waals surface area contributed by atoms with Gasteiger partial charge in [-0.05, 0) is 19.1 Å². The van der Waals surface area contributed by atoms with Gasteiger partial charge in [0.25, 0.3) is 5.91 Å². The molecule has 0 fully saturated rings. The molecule has 20 heavy (non-hydrogen) atoms. The Bertz CT molecular complexity index is 566. The second kappa shape index (κ2) is 6.10. The molecule has 0 aromatic heterocycles. The van der Waals surface area contributed by atoms with E-state index in [4.69, 9.17) is 0 Å². The highest BCUT2D eigenvalue weighted by molar-refractivity contribution is 6.23. The Morgan fingerprint density at radius 2 is 2.15 bits per heavy atom. The number of carbonyl (C=O) groups is 2. The van der Waals surface area contributed by atoms with E-state index in [-0.39, 0.29) is 12.5 Å². The van der Waals surface area contributed by atoms with Crippen LogP contribution in [0.3, 0.4) is 0 Å². The summed E-state index contributed by atoms with van der Waals surface area (Å²) < 4.78 is 4.48. The van der Waals surface area contributed by atoms with Crippen LogP contribution in [0.15, 0.2) is 40.4 Å². The van der Waals surface area contributed by atoms with E-state index in [1.165, 1.54) is 18.3 Å². The van der Waals surface area contributed by atoms with Crippen molar-refractivity contribution < 1.29 is 14.3 Å². The highest BCUT2D eigenvalue weighted by atomic mass is 16.5. The molecular weight excluding hydrogens is 258 g/mol. The average Bonchev–Trinajstić information content (AvgIpc) is 2.75. The minimum Gasteiger partial charge on any atom is -0.468 e. The molecule has 6 nitrogen and oxygen atoms in total. The van der Waals surface area contributed by atoms with E-state index in [2.05, 4.69) is 14.8 Å². The molecule has 1 atom stereocenters. The highest BCUT2D eigenvalue weighted by Crippen LogP contribution is 2.22. The van der Waals surface area contributed by atoms with Crippen molar-refractivity contribution in [3.63, 3.8) is 0 Å². The molecule has 0 spiro atoms. The monoisotopic (exact) mass is 273 g/mol. The van der Waals surface area contributed by atoms with Gasteiger partial charge in [0.05, 0.1) is 18.5 Å². The van der Waals surface area contributed by atoms with Gasteiger partial charge in [-0.3, -0.25) is 14.6 Å². The number of carbonyl (C=O) groups excluding carboxylic acids is 2. The lowest BCUT2D eigenvalue weighted by atomic mass is 10.1. The zero-order valence-corrected chi connectivity index (χ0v) is 11.3. The van der Waals surface area contributed by atoms with Crippen LogP contribution >= 0.6 is 0 Å². The Kier molecular flexibility index (Phi) is 4.24. The van der Waals surface area contributed by atoms with Gasteiger partial charge < -0.3 is 4.74 Å². The molecular formula is C14H15N3O3. The van der Waals surface area contributed by atoms with Crippen LogP contribution in [0.1, 0.15) is 6.92 Å². The highest BCUT2D eigenvalue weighted by Gasteiger charge is 2.32. The third-order valence-corrected chi connectivity index (χ3v) is 2.89. The fraction of sp³-hybridized carbons (Fsp3) is 0.286. The van der Waals surface area contributed by atoms with Crippen molar-refractivity contribution in [2.75, 3.05) is 18.7 Å². The number of methoxy groups -OCH3 is 1. The SMILES string of the molecule is COC(=O)CN=C[C@@H]1C(=O)N(c2ccccc2)N=C1C. The maximum absolute atomic E-state index is 12.3. The molecule has 6 heteroatoms. The molecule has 0 aliphatic carbocycles. The number of hydrazone groups is 1. The van der Waals surface area contributed by atoms with Crippen molar-refractivity contribution in [1.82, 2.24) is 0 Å². The smallest absolute Gasteiger partial charge is 0.327 e. The molecule has 1 aliphatic heterocycles. The van der Waals surface area contributed by atoms with Crippen LogP contribution in [0.2, 0.25) is 0 Å². The number of para-hydroxylation sites is 1. The summed E-state index contributed by atoms with van der Waals surface area (Å²) in [4.78, 5) is 27.2. The first-order valence-corrected chi connectivity index (χ1v) is 6.14. The molecule has 1 aromatic carbocycles. The maximum atomic E-state index is 12.3. The van der Waals surface area contributed by atoms with Crippen LogP contribution in [0.4, 0.5) is 5.69 Å². The van der Waals surface area contributed by atoms with Gasteiger partial charge in [-0.25, -0.2) is 0 Å². The van der Waals surface area contributed by atoms with Gasteiger partial charge in [-0.2, -0.15) is 10.1 Å². The Labute approximate surface area is 116 Å². The second-order valence-corrected chi connectivity index (χ2v) is 4.27. The lowest BCUT2D eigenvalue weighted by molar-refractivity contribution is -0.138. The number of ether oxygens (including phenoxy) is 1. The second-order valence-electron chi connectivity index (χ2n) is 4.27. The first kappa shape index (κ1) is 13.9. The molecule has 2 rings (SSSR count). The van der Waals surface area contributed by atoms with Crippen molar-refractivity contribution in [3.05, 3.63) is 30.3 Å². The summed E-state index contributed by atoms with van der Waals surface area (Å²) in [6, 6.07) is 9.17. The van der Waals surface area contributed by atoms with Gasteiger partial charge in [0.1, 0.15) is 12.5 Å². The predicted octanol–water partition coefficient (Wildman–Crippen LogP) is 1.27. The summed E-state index contributed by atoms with van der Waals surface area (Å²) in [5, 5.41) is 5.58. The van der Waals surface area contributed by atoms with E-state index >= 15 is 0 Å². The van der Waals surface area contributed by atoms with Crippen molar-refractivity contribution >= 4 is 29.5 Å². The summed E-state index contributed by atoms with van der Waals surface area (Å²) >= 11 is 0. The molecule has 0 radical (unpaired) electrons. The van der Waals surface area contributed by atoms with Crippen molar-refractivity contribution in [3.8, 4) is 0 Å². The van der Waals surface area contributed by atoms with E-state index in [9.17, 15) is 9.59 Å². The topological polar surface area (TPSA) is 71.3 Å². The van der Waals surface area contributed by atoms with Gasteiger partial charge in [-0.1, -0.05) is 18.2 Å². The molecule has 0 unspecified atom stereocenters. The summed E-state index contributed by atoms with van der Waals surface area (Å²) in [7, 11) is 1.29. The largest absolute Gasteiger partial charge is 0.468 e. The summed E-state index contributed by atoms with van der Waals surface area (Å²) in [5.74, 6) is -1.15. The number of nitrogens with zero attached hydrogens (tertiary/aromatic N) is 3. The Balaban J connectivity index is 2.09. The fourth-order valence-corrected chi connectivity index (χ4v) is 1.80. The molecule has 0 saturated heterocycles. The van der Waals surface area contributed by atoms with Crippen LogP contribution in [-0.2, 0) is 14.3 Å². The summed E-state index contributed by atoms with van der Waals surface area (Å²) in [6.45, 7) is 1.66. The van der Waals surface area contributed by atoms with Crippen molar-refractivity contribution in [2.24, 2.45) is 16.0 Å². The van der Waals surface area contributed by atoms with E-state index in [1.807, 2.05) is 30.3 Å². The van der Waals surface area contributed by atoms with Crippen molar-refractivity contribution in [2.45, 2.75) is 6.92 Å². The average molecular weight is 273 g/mol. The third-order valence-electron chi connectivity index (χ3n) is 2.89. The van der Waals surface area contributed by atoms with Crippen LogP contribution in [0.25, 0.3) is 0 Å². The number of rotatable bonds is 4. The minimum atomic E-state index is -0.528. The fourth-order valence-electron chi connectivity index (χ4n) is 1.80. The van der Waals surface area contributed by atoms with Crippen LogP contribution in [0, 0.1) is 5.92 Å². The number of hydrogen-bond donors (Lipinski definition) is 0. The molecule has 104 valence electrons. The van der Waals surface area contributed by atoms with E-state index in [1.54, 1.807) is 6.92 Å². The van der Waals surface area contributed by atoms with Crippen molar-refractivity contribution in [1.29, 1.82) is 0 Å². The predicted molar refractivity (Wildman–Crippen MR) is 75.9 cm³/mol. The van der Waals surface area contributed by atoms with Crippen LogP contribution in [-0.4, -0.2) is 37.5 Å². The number of hydrogen-bond acceptors (Lipinski definition) is 5. The first-order valence-electron chi connectivity index (χ1n) is 6.14. The molecule has 1 aliphatic rings. The Morgan fingerprint density at radius 3 is 2.80 bits per heavy atom. The summed E-state index contributed by atoms with van der Waals surface area (Å²) in [6.07, 6.45) is 1.45. The van der Waals surface area contributed by atoms with Gasteiger partial charge >= 0.3 is 5.97 Å². The van der Waals surface area contributed by atoms with Gasteiger partial charge in [0.15, 0.2) is 0 Å². The van der Waals surface area contributed by atoms with E-state index in [0.29, 0.717) is 11.4 Å². The number of anilines is 1. The normalized spacial score (nSPS) is 18.5. The van der Waals surface area contributed by atoms with E-state index in [0.717, 1.165) is 0 Å². The number of benzene rings is 1. The summed E-state index contributed by atoms with van der Waals surface area (Å²) in [5.41, 5.74) is 1.35. The Hall–Kier alpha value is -2.50. The molecule has 0 N–H and O–H groups in total. The molecule has 1 amide bonds. The zero-order valence-electron chi connectivity index (χ0n) is 11.3. The lowest BCUT2D eigenvalue weighted by Gasteiger charge is -2.12. The molecule has 0 bridgehead atoms. The first-order chi connectivity index (χ1) is 9.63. The van der Waals surface area contributed by atoms with Gasteiger partial charge in [-0.15, -0.1) is 0 Å². The molecule has 1 heterocycles. The maximum Gasteiger partial charge on any atom is 0.327 e.